The monoisotopic (exact) mass is 211 g/mol. The lowest BCUT2D eigenvalue weighted by molar-refractivity contribution is 0.0316. The fourth-order valence-corrected chi connectivity index (χ4v) is 1.41. The van der Waals surface area contributed by atoms with Crippen LogP contribution >= 0.6 is 0 Å². The van der Waals surface area contributed by atoms with Gasteiger partial charge in [-0.15, -0.1) is 0 Å². The van der Waals surface area contributed by atoms with Crippen LogP contribution in [0.1, 0.15) is 11.7 Å². The van der Waals surface area contributed by atoms with E-state index in [4.69, 9.17) is 20.3 Å². The zero-order valence-corrected chi connectivity index (χ0v) is 8.85. The third-order valence-corrected chi connectivity index (χ3v) is 2.11. The van der Waals surface area contributed by atoms with Gasteiger partial charge >= 0.3 is 0 Å². The zero-order valence-electron chi connectivity index (χ0n) is 8.85. The van der Waals surface area contributed by atoms with E-state index in [0.29, 0.717) is 6.54 Å². The van der Waals surface area contributed by atoms with Gasteiger partial charge in [0.15, 0.2) is 0 Å². The minimum absolute atomic E-state index is 0.00828. The Bertz CT molecular complexity index is 291. The Balaban J connectivity index is 2.80. The molecule has 1 unspecified atom stereocenters. The number of rotatable bonds is 6. The number of benzene rings is 1. The molecule has 0 saturated heterocycles. The Hall–Kier alpha value is -1.10. The Morgan fingerprint density at radius 1 is 1.40 bits per heavy atom. The highest BCUT2D eigenvalue weighted by atomic mass is 16.5. The van der Waals surface area contributed by atoms with Crippen molar-refractivity contribution in [1.82, 2.24) is 0 Å². The molecule has 0 spiro atoms. The fourth-order valence-electron chi connectivity index (χ4n) is 1.41. The van der Waals surface area contributed by atoms with Crippen LogP contribution in [0.3, 0.4) is 0 Å². The molecule has 0 aromatic heterocycles. The second kappa shape index (κ2) is 6.40. The van der Waals surface area contributed by atoms with E-state index in [1.807, 2.05) is 24.3 Å². The van der Waals surface area contributed by atoms with Crippen LogP contribution in [0, 0.1) is 0 Å². The van der Waals surface area contributed by atoms with Crippen LogP contribution in [-0.2, 0) is 4.74 Å². The van der Waals surface area contributed by atoms with Crippen molar-refractivity contribution in [1.29, 1.82) is 0 Å². The quantitative estimate of drug-likeness (QED) is 0.727. The maximum atomic E-state index is 8.69. The van der Waals surface area contributed by atoms with Gasteiger partial charge in [0.25, 0.3) is 0 Å². The van der Waals surface area contributed by atoms with Crippen molar-refractivity contribution in [3.05, 3.63) is 29.8 Å². The van der Waals surface area contributed by atoms with E-state index in [1.54, 1.807) is 7.11 Å². The zero-order chi connectivity index (χ0) is 11.1. The largest absolute Gasteiger partial charge is 0.496 e. The molecule has 0 aliphatic heterocycles. The predicted molar refractivity (Wildman–Crippen MR) is 57.8 cm³/mol. The summed E-state index contributed by atoms with van der Waals surface area (Å²) in [6.07, 6.45) is -0.228. The number of aliphatic hydroxyl groups excluding tert-OH is 1. The smallest absolute Gasteiger partial charge is 0.124 e. The van der Waals surface area contributed by atoms with Gasteiger partial charge in [0.2, 0.25) is 0 Å². The van der Waals surface area contributed by atoms with Gasteiger partial charge in [0.1, 0.15) is 5.75 Å². The van der Waals surface area contributed by atoms with E-state index < -0.39 is 0 Å². The first-order chi connectivity index (χ1) is 7.33. The summed E-state index contributed by atoms with van der Waals surface area (Å²) in [5.74, 6) is 0.755. The Morgan fingerprint density at radius 2 is 2.13 bits per heavy atom. The standard InChI is InChI=1S/C11H17NO3/c1-14-10-5-3-2-4-9(10)11(8-12)15-7-6-13/h2-5,11,13H,6-8,12H2,1H3. The SMILES string of the molecule is COc1ccccc1C(CN)OCCO. The number of para-hydroxylation sites is 1. The number of hydrogen-bond acceptors (Lipinski definition) is 4. The van der Waals surface area contributed by atoms with Crippen molar-refractivity contribution in [2.24, 2.45) is 5.73 Å². The lowest BCUT2D eigenvalue weighted by atomic mass is 10.1. The molecular weight excluding hydrogens is 194 g/mol. The van der Waals surface area contributed by atoms with Crippen LogP contribution in [0.25, 0.3) is 0 Å². The molecule has 1 rings (SSSR count). The highest BCUT2D eigenvalue weighted by Crippen LogP contribution is 2.26. The molecule has 0 saturated carbocycles. The molecule has 4 nitrogen and oxygen atoms in total. The Labute approximate surface area is 89.6 Å². The topological polar surface area (TPSA) is 64.7 Å². The van der Waals surface area contributed by atoms with Gasteiger partial charge in [-0.1, -0.05) is 18.2 Å². The molecular formula is C11H17NO3. The van der Waals surface area contributed by atoms with Crippen LogP contribution in [0.5, 0.6) is 5.75 Å². The van der Waals surface area contributed by atoms with Crippen molar-refractivity contribution < 1.29 is 14.6 Å². The van der Waals surface area contributed by atoms with Gasteiger partial charge in [0.05, 0.1) is 26.4 Å². The minimum atomic E-state index is -0.228. The molecule has 0 bridgehead atoms. The van der Waals surface area contributed by atoms with Crippen molar-refractivity contribution in [2.75, 3.05) is 26.9 Å². The average molecular weight is 211 g/mol. The number of ether oxygens (including phenoxy) is 2. The molecule has 0 fully saturated rings. The van der Waals surface area contributed by atoms with Crippen LogP contribution in [0.4, 0.5) is 0 Å². The summed E-state index contributed by atoms with van der Waals surface area (Å²) in [7, 11) is 1.61. The van der Waals surface area contributed by atoms with Gasteiger partial charge in [-0.25, -0.2) is 0 Å². The predicted octanol–water partition coefficient (Wildman–Crippen LogP) is 0.704. The summed E-state index contributed by atoms with van der Waals surface area (Å²) in [6, 6.07) is 7.57. The van der Waals surface area contributed by atoms with E-state index in [2.05, 4.69) is 0 Å². The maximum Gasteiger partial charge on any atom is 0.124 e. The average Bonchev–Trinajstić information content (AvgIpc) is 2.30. The van der Waals surface area contributed by atoms with E-state index in [1.165, 1.54) is 0 Å². The second-order valence-corrected chi connectivity index (χ2v) is 3.06. The van der Waals surface area contributed by atoms with Crippen molar-refractivity contribution in [3.8, 4) is 5.75 Å². The highest BCUT2D eigenvalue weighted by molar-refractivity contribution is 5.35. The molecule has 84 valence electrons. The van der Waals surface area contributed by atoms with Gasteiger partial charge in [-0.3, -0.25) is 0 Å². The normalized spacial score (nSPS) is 12.5. The lowest BCUT2D eigenvalue weighted by Crippen LogP contribution is -2.18. The van der Waals surface area contributed by atoms with Crippen molar-refractivity contribution in [2.45, 2.75) is 6.10 Å². The molecule has 0 aliphatic carbocycles. The molecule has 0 amide bonds. The Morgan fingerprint density at radius 3 is 2.73 bits per heavy atom. The first-order valence-corrected chi connectivity index (χ1v) is 4.89. The van der Waals surface area contributed by atoms with E-state index in [-0.39, 0.29) is 19.3 Å². The Kier molecular flexibility index (Phi) is 5.10. The summed E-state index contributed by atoms with van der Waals surface area (Å²) in [5.41, 5.74) is 6.52. The fraction of sp³-hybridized carbons (Fsp3) is 0.455. The van der Waals surface area contributed by atoms with Crippen LogP contribution in [0.2, 0.25) is 0 Å². The molecule has 1 aromatic carbocycles. The number of methoxy groups -OCH3 is 1. The molecule has 1 aromatic rings. The van der Waals surface area contributed by atoms with Crippen LogP contribution in [0.15, 0.2) is 24.3 Å². The van der Waals surface area contributed by atoms with Gasteiger partial charge < -0.3 is 20.3 Å². The van der Waals surface area contributed by atoms with Gasteiger partial charge in [0, 0.05) is 12.1 Å². The van der Waals surface area contributed by atoms with Crippen molar-refractivity contribution >= 4 is 0 Å². The van der Waals surface area contributed by atoms with Crippen LogP contribution < -0.4 is 10.5 Å². The highest BCUT2D eigenvalue weighted by Gasteiger charge is 2.14. The molecule has 3 N–H and O–H groups in total. The first-order valence-electron chi connectivity index (χ1n) is 4.89. The molecule has 4 heteroatoms. The number of aliphatic hydroxyl groups is 1. The van der Waals surface area contributed by atoms with E-state index >= 15 is 0 Å². The first kappa shape index (κ1) is 12.0. The molecule has 15 heavy (non-hydrogen) atoms. The third-order valence-electron chi connectivity index (χ3n) is 2.11. The van der Waals surface area contributed by atoms with Gasteiger partial charge in [-0.05, 0) is 6.07 Å². The summed E-state index contributed by atoms with van der Waals surface area (Å²) >= 11 is 0. The van der Waals surface area contributed by atoms with Crippen LogP contribution in [-0.4, -0.2) is 32.0 Å². The maximum absolute atomic E-state index is 8.69. The molecule has 0 heterocycles. The lowest BCUT2D eigenvalue weighted by Gasteiger charge is -2.18. The minimum Gasteiger partial charge on any atom is -0.496 e. The molecule has 0 aliphatic rings. The summed E-state index contributed by atoms with van der Waals surface area (Å²) in [6.45, 7) is 0.631. The summed E-state index contributed by atoms with van der Waals surface area (Å²) < 4.78 is 10.6. The number of nitrogens with two attached hydrogens (primary N) is 1. The molecule has 1 atom stereocenters. The van der Waals surface area contributed by atoms with Crippen molar-refractivity contribution in [3.63, 3.8) is 0 Å². The van der Waals surface area contributed by atoms with E-state index in [9.17, 15) is 0 Å². The second-order valence-electron chi connectivity index (χ2n) is 3.06. The van der Waals surface area contributed by atoms with Gasteiger partial charge in [-0.2, -0.15) is 0 Å². The summed E-state index contributed by atoms with van der Waals surface area (Å²) in [4.78, 5) is 0. The molecule has 0 radical (unpaired) electrons. The third kappa shape index (κ3) is 3.20. The number of hydrogen-bond donors (Lipinski definition) is 2. The van der Waals surface area contributed by atoms with E-state index in [0.717, 1.165) is 11.3 Å². The summed E-state index contributed by atoms with van der Waals surface area (Å²) in [5, 5.41) is 8.69.